The normalized spacial score (nSPS) is 20.4. The van der Waals surface area contributed by atoms with Crippen LogP contribution in [0.1, 0.15) is 25.3 Å². The van der Waals surface area contributed by atoms with E-state index in [2.05, 4.69) is 10.2 Å². The highest BCUT2D eigenvalue weighted by Crippen LogP contribution is 2.19. The van der Waals surface area contributed by atoms with E-state index in [0.29, 0.717) is 13.1 Å². The number of amides is 1. The number of piperidine rings is 1. The summed E-state index contributed by atoms with van der Waals surface area (Å²) in [6.07, 6.45) is 1.62. The predicted molar refractivity (Wildman–Crippen MR) is 79.6 cm³/mol. The quantitative estimate of drug-likeness (QED) is 0.867. The van der Waals surface area contributed by atoms with E-state index in [9.17, 15) is 14.0 Å². The van der Waals surface area contributed by atoms with Gasteiger partial charge in [0.2, 0.25) is 5.91 Å². The summed E-state index contributed by atoms with van der Waals surface area (Å²) in [5.41, 5.74) is 0.875. The van der Waals surface area contributed by atoms with Crippen LogP contribution in [-0.4, -0.2) is 41.0 Å². The maximum absolute atomic E-state index is 13.2. The van der Waals surface area contributed by atoms with Gasteiger partial charge in [-0.15, -0.1) is 0 Å². The van der Waals surface area contributed by atoms with E-state index in [1.807, 2.05) is 6.07 Å². The Morgan fingerprint density at radius 2 is 2.27 bits per heavy atom. The number of halogens is 1. The lowest BCUT2D eigenvalue weighted by Gasteiger charge is -2.32. The van der Waals surface area contributed by atoms with Crippen LogP contribution in [0.25, 0.3) is 0 Å². The summed E-state index contributed by atoms with van der Waals surface area (Å²) in [6.45, 7) is 3.47. The number of hydrogen-bond acceptors (Lipinski definition) is 3. The molecular formula is C16H21FN2O3. The molecule has 0 aromatic heterocycles. The number of carbonyl (C=O) groups excluding carboxylic acids is 1. The van der Waals surface area contributed by atoms with Crippen molar-refractivity contribution >= 4 is 11.9 Å². The summed E-state index contributed by atoms with van der Waals surface area (Å²) < 4.78 is 13.2. The second-order valence-electron chi connectivity index (χ2n) is 5.77. The number of carboxylic acids is 1. The fraction of sp³-hybridized carbons (Fsp3) is 0.500. The summed E-state index contributed by atoms with van der Waals surface area (Å²) in [7, 11) is 0. The molecule has 0 aliphatic carbocycles. The molecule has 2 rings (SSSR count). The predicted octanol–water partition coefficient (Wildman–Crippen LogP) is 1.63. The highest BCUT2D eigenvalue weighted by molar-refractivity contribution is 5.84. The van der Waals surface area contributed by atoms with Crippen molar-refractivity contribution in [1.82, 2.24) is 10.2 Å². The molecule has 2 N–H and O–H groups in total. The number of carboxylic acid groups (broad SMARTS) is 1. The summed E-state index contributed by atoms with van der Waals surface area (Å²) >= 11 is 0. The third-order valence-electron chi connectivity index (χ3n) is 3.90. The minimum Gasteiger partial charge on any atom is -0.480 e. The van der Waals surface area contributed by atoms with Crippen LogP contribution in [0.3, 0.4) is 0 Å². The molecule has 1 saturated heterocycles. The van der Waals surface area contributed by atoms with Gasteiger partial charge < -0.3 is 10.4 Å². The number of nitrogens with zero attached hydrogens (tertiary/aromatic N) is 1. The zero-order chi connectivity index (χ0) is 16.1. The first kappa shape index (κ1) is 16.4. The van der Waals surface area contributed by atoms with Crippen LogP contribution in [0.15, 0.2) is 24.3 Å². The van der Waals surface area contributed by atoms with Crippen LogP contribution in [0.4, 0.5) is 4.39 Å². The number of nitrogens with one attached hydrogen (secondary N) is 1. The van der Waals surface area contributed by atoms with Gasteiger partial charge >= 0.3 is 5.97 Å². The Bertz CT molecular complexity index is 550. The first-order valence-electron chi connectivity index (χ1n) is 7.45. The molecule has 1 fully saturated rings. The van der Waals surface area contributed by atoms with Crippen molar-refractivity contribution in [1.29, 1.82) is 0 Å². The van der Waals surface area contributed by atoms with Gasteiger partial charge in [0.1, 0.15) is 11.9 Å². The lowest BCUT2D eigenvalue weighted by molar-refractivity contribution is -0.142. The molecule has 1 unspecified atom stereocenters. The van der Waals surface area contributed by atoms with Gasteiger partial charge in [0, 0.05) is 13.1 Å². The van der Waals surface area contributed by atoms with Gasteiger partial charge in [0.15, 0.2) is 0 Å². The summed E-state index contributed by atoms with van der Waals surface area (Å²) in [4.78, 5) is 25.0. The van der Waals surface area contributed by atoms with Crippen molar-refractivity contribution in [3.05, 3.63) is 35.6 Å². The molecule has 1 heterocycles. The first-order chi connectivity index (χ1) is 10.5. The van der Waals surface area contributed by atoms with Gasteiger partial charge in [-0.3, -0.25) is 14.5 Å². The fourth-order valence-electron chi connectivity index (χ4n) is 2.70. The van der Waals surface area contributed by atoms with E-state index in [4.69, 9.17) is 5.11 Å². The standard InChI is InChI=1S/C16H21FN2O3/c1-11(16(21)22)18-15(20)13-5-3-7-19(10-13)9-12-4-2-6-14(17)8-12/h2,4,6,8,11,13H,3,5,7,9-10H2,1H3,(H,18,20)(H,21,22)/t11-,13?/m0/s1. The third kappa shape index (κ3) is 4.53. The first-order valence-corrected chi connectivity index (χ1v) is 7.45. The number of carbonyl (C=O) groups is 2. The second kappa shape index (κ2) is 7.35. The maximum atomic E-state index is 13.2. The number of likely N-dealkylation sites (tertiary alicyclic amines) is 1. The molecule has 1 aliphatic rings. The number of hydrogen-bond donors (Lipinski definition) is 2. The lowest BCUT2D eigenvalue weighted by Crippen LogP contribution is -2.47. The minimum absolute atomic E-state index is 0.218. The van der Waals surface area contributed by atoms with Crippen molar-refractivity contribution in [2.75, 3.05) is 13.1 Å². The van der Waals surface area contributed by atoms with Crippen LogP contribution in [-0.2, 0) is 16.1 Å². The highest BCUT2D eigenvalue weighted by atomic mass is 19.1. The summed E-state index contributed by atoms with van der Waals surface area (Å²) in [5, 5.41) is 11.4. The summed E-state index contributed by atoms with van der Waals surface area (Å²) in [6, 6.07) is 5.55. The molecule has 22 heavy (non-hydrogen) atoms. The topological polar surface area (TPSA) is 69.6 Å². The Morgan fingerprint density at radius 3 is 2.95 bits per heavy atom. The molecule has 5 nitrogen and oxygen atoms in total. The van der Waals surface area contributed by atoms with Crippen LogP contribution in [0.2, 0.25) is 0 Å². The number of benzene rings is 1. The van der Waals surface area contributed by atoms with Crippen LogP contribution in [0.5, 0.6) is 0 Å². The second-order valence-corrected chi connectivity index (χ2v) is 5.77. The van der Waals surface area contributed by atoms with Gasteiger partial charge in [-0.05, 0) is 44.0 Å². The van der Waals surface area contributed by atoms with Crippen LogP contribution in [0, 0.1) is 11.7 Å². The van der Waals surface area contributed by atoms with E-state index in [0.717, 1.165) is 24.9 Å². The van der Waals surface area contributed by atoms with Crippen molar-refractivity contribution in [2.24, 2.45) is 5.92 Å². The molecule has 1 aliphatic heterocycles. The Kier molecular flexibility index (Phi) is 5.49. The molecule has 1 aromatic rings. The molecule has 0 bridgehead atoms. The smallest absolute Gasteiger partial charge is 0.325 e. The monoisotopic (exact) mass is 308 g/mol. The van der Waals surface area contributed by atoms with Crippen molar-refractivity contribution in [3.8, 4) is 0 Å². The van der Waals surface area contributed by atoms with Crippen molar-refractivity contribution < 1.29 is 19.1 Å². The van der Waals surface area contributed by atoms with Crippen molar-refractivity contribution in [3.63, 3.8) is 0 Å². The van der Waals surface area contributed by atoms with E-state index in [-0.39, 0.29) is 17.6 Å². The fourth-order valence-corrected chi connectivity index (χ4v) is 2.70. The lowest BCUT2D eigenvalue weighted by atomic mass is 9.96. The molecule has 1 aromatic carbocycles. The molecule has 0 radical (unpaired) electrons. The zero-order valence-electron chi connectivity index (χ0n) is 12.6. The molecular weight excluding hydrogens is 287 g/mol. The van der Waals surface area contributed by atoms with Gasteiger partial charge in [0.25, 0.3) is 0 Å². The van der Waals surface area contributed by atoms with Crippen LogP contribution < -0.4 is 5.32 Å². The molecule has 6 heteroatoms. The Morgan fingerprint density at radius 1 is 1.50 bits per heavy atom. The van der Waals surface area contributed by atoms with Gasteiger partial charge in [-0.25, -0.2) is 4.39 Å². The van der Waals surface area contributed by atoms with E-state index in [1.165, 1.54) is 19.1 Å². The Labute approximate surface area is 129 Å². The largest absolute Gasteiger partial charge is 0.480 e. The van der Waals surface area contributed by atoms with Gasteiger partial charge in [0.05, 0.1) is 5.92 Å². The zero-order valence-corrected chi connectivity index (χ0v) is 12.6. The Hall–Kier alpha value is -1.95. The SMILES string of the molecule is C[C@H](NC(=O)C1CCCN(Cc2cccc(F)c2)C1)C(=O)O. The number of aliphatic carboxylic acids is 1. The van der Waals surface area contributed by atoms with Gasteiger partial charge in [-0.2, -0.15) is 0 Å². The average Bonchev–Trinajstić information content (AvgIpc) is 2.47. The Balaban J connectivity index is 1.91. The molecule has 0 saturated carbocycles. The number of rotatable bonds is 5. The third-order valence-corrected chi connectivity index (χ3v) is 3.90. The molecule has 0 spiro atoms. The molecule has 120 valence electrons. The molecule has 2 atom stereocenters. The van der Waals surface area contributed by atoms with Gasteiger partial charge in [-0.1, -0.05) is 12.1 Å². The minimum atomic E-state index is -1.04. The van der Waals surface area contributed by atoms with Crippen LogP contribution >= 0.6 is 0 Å². The van der Waals surface area contributed by atoms with E-state index in [1.54, 1.807) is 6.07 Å². The van der Waals surface area contributed by atoms with E-state index >= 15 is 0 Å². The summed E-state index contributed by atoms with van der Waals surface area (Å²) in [5.74, 6) is -1.75. The molecule has 1 amide bonds. The van der Waals surface area contributed by atoms with Crippen molar-refractivity contribution in [2.45, 2.75) is 32.4 Å². The van der Waals surface area contributed by atoms with E-state index < -0.39 is 12.0 Å². The maximum Gasteiger partial charge on any atom is 0.325 e. The average molecular weight is 308 g/mol. The highest BCUT2D eigenvalue weighted by Gasteiger charge is 2.27.